The van der Waals surface area contributed by atoms with Crippen LogP contribution in [0, 0.1) is 5.82 Å². The van der Waals surface area contributed by atoms with E-state index in [1.807, 2.05) is 43.4 Å². The Kier molecular flexibility index (Phi) is 3.86. The highest BCUT2D eigenvalue weighted by atomic mass is 35.5. The Balaban J connectivity index is 2.16. The van der Waals surface area contributed by atoms with Gasteiger partial charge in [-0.15, -0.1) is 0 Å². The molecule has 1 aromatic heterocycles. The molecule has 4 heteroatoms. The molecule has 1 atom stereocenters. The zero-order chi connectivity index (χ0) is 14.8. The van der Waals surface area contributed by atoms with Crippen LogP contribution in [-0.2, 0) is 0 Å². The van der Waals surface area contributed by atoms with Crippen molar-refractivity contribution in [2.45, 2.75) is 6.04 Å². The molecule has 0 radical (unpaired) electrons. The van der Waals surface area contributed by atoms with Crippen molar-refractivity contribution in [3.05, 3.63) is 76.7 Å². The smallest absolute Gasteiger partial charge is 0.142 e. The molecule has 0 bridgehead atoms. The molecular formula is C17H14ClFN2. The molecule has 2 aromatic carbocycles. The fourth-order valence-corrected chi connectivity index (χ4v) is 2.69. The van der Waals surface area contributed by atoms with E-state index in [0.29, 0.717) is 0 Å². The molecule has 1 unspecified atom stereocenters. The van der Waals surface area contributed by atoms with Gasteiger partial charge in [0.15, 0.2) is 0 Å². The van der Waals surface area contributed by atoms with Crippen LogP contribution >= 0.6 is 11.6 Å². The van der Waals surface area contributed by atoms with Crippen LogP contribution in [0.2, 0.25) is 5.02 Å². The molecule has 106 valence electrons. The molecule has 1 heterocycles. The Morgan fingerprint density at radius 3 is 2.76 bits per heavy atom. The van der Waals surface area contributed by atoms with E-state index in [-0.39, 0.29) is 11.1 Å². The van der Waals surface area contributed by atoms with E-state index >= 15 is 0 Å². The molecule has 3 rings (SSSR count). The lowest BCUT2D eigenvalue weighted by Crippen LogP contribution is -2.18. The summed E-state index contributed by atoms with van der Waals surface area (Å²) < 4.78 is 13.7. The minimum Gasteiger partial charge on any atom is -0.309 e. The van der Waals surface area contributed by atoms with Crippen molar-refractivity contribution in [2.75, 3.05) is 7.05 Å². The number of rotatable bonds is 3. The minimum absolute atomic E-state index is 0.121. The Morgan fingerprint density at radius 2 is 2.00 bits per heavy atom. The first kappa shape index (κ1) is 14.0. The summed E-state index contributed by atoms with van der Waals surface area (Å²) in [6.07, 6.45) is 1.77. The molecule has 0 saturated carbocycles. The normalized spacial score (nSPS) is 12.5. The summed E-state index contributed by atoms with van der Waals surface area (Å²) in [6.45, 7) is 0. The summed E-state index contributed by atoms with van der Waals surface area (Å²) in [5.74, 6) is -0.409. The van der Waals surface area contributed by atoms with Gasteiger partial charge in [-0.05, 0) is 42.4 Å². The molecule has 2 nitrogen and oxygen atoms in total. The van der Waals surface area contributed by atoms with Crippen molar-refractivity contribution < 1.29 is 4.39 Å². The van der Waals surface area contributed by atoms with Crippen LogP contribution in [0.15, 0.2) is 54.7 Å². The highest BCUT2D eigenvalue weighted by Gasteiger charge is 2.16. The van der Waals surface area contributed by atoms with E-state index in [4.69, 9.17) is 11.6 Å². The lowest BCUT2D eigenvalue weighted by molar-refractivity contribution is 0.617. The van der Waals surface area contributed by atoms with Gasteiger partial charge in [0.2, 0.25) is 0 Å². The maximum Gasteiger partial charge on any atom is 0.142 e. The van der Waals surface area contributed by atoms with Gasteiger partial charge in [-0.3, -0.25) is 4.98 Å². The molecule has 0 amide bonds. The van der Waals surface area contributed by atoms with Crippen LogP contribution in [0.3, 0.4) is 0 Å². The SMILES string of the molecule is CNC(c1ccc(Cl)c(F)c1)c1cccc2ncccc12. The Labute approximate surface area is 127 Å². The zero-order valence-electron chi connectivity index (χ0n) is 11.5. The second-order valence-electron chi connectivity index (χ2n) is 4.81. The van der Waals surface area contributed by atoms with Crippen LogP contribution in [-0.4, -0.2) is 12.0 Å². The first-order chi connectivity index (χ1) is 10.2. The standard InChI is InChI=1S/C17H14ClFN2/c1-20-17(11-7-8-14(18)15(19)10-11)13-4-2-6-16-12(13)5-3-9-21-16/h2-10,17,20H,1H3. The lowest BCUT2D eigenvalue weighted by atomic mass is 9.95. The number of nitrogens with one attached hydrogen (secondary N) is 1. The Bertz CT molecular complexity index is 783. The second kappa shape index (κ2) is 5.80. The van der Waals surface area contributed by atoms with Crippen LogP contribution < -0.4 is 5.32 Å². The summed E-state index contributed by atoms with van der Waals surface area (Å²) in [7, 11) is 1.85. The quantitative estimate of drug-likeness (QED) is 0.778. The van der Waals surface area contributed by atoms with Gasteiger partial charge in [0, 0.05) is 11.6 Å². The van der Waals surface area contributed by atoms with E-state index in [1.165, 1.54) is 6.07 Å². The predicted octanol–water partition coefficient (Wildman–Crippen LogP) is 4.34. The van der Waals surface area contributed by atoms with Gasteiger partial charge in [-0.2, -0.15) is 0 Å². The van der Waals surface area contributed by atoms with Crippen molar-refractivity contribution in [1.82, 2.24) is 10.3 Å². The summed E-state index contributed by atoms with van der Waals surface area (Å²) in [5.41, 5.74) is 2.81. The lowest BCUT2D eigenvalue weighted by Gasteiger charge is -2.19. The summed E-state index contributed by atoms with van der Waals surface area (Å²) in [5, 5.41) is 4.42. The zero-order valence-corrected chi connectivity index (χ0v) is 12.2. The molecular weight excluding hydrogens is 287 g/mol. The average molecular weight is 301 g/mol. The molecule has 3 aromatic rings. The van der Waals surface area contributed by atoms with Crippen LogP contribution in [0.5, 0.6) is 0 Å². The van der Waals surface area contributed by atoms with Crippen molar-refractivity contribution in [2.24, 2.45) is 0 Å². The molecule has 1 N–H and O–H groups in total. The number of benzene rings is 2. The van der Waals surface area contributed by atoms with Gasteiger partial charge in [-0.1, -0.05) is 35.9 Å². The van der Waals surface area contributed by atoms with E-state index in [0.717, 1.165) is 22.0 Å². The average Bonchev–Trinajstić information content (AvgIpc) is 2.52. The van der Waals surface area contributed by atoms with Gasteiger partial charge in [0.05, 0.1) is 16.6 Å². The monoisotopic (exact) mass is 300 g/mol. The fourth-order valence-electron chi connectivity index (χ4n) is 2.57. The number of hydrogen-bond donors (Lipinski definition) is 1. The van der Waals surface area contributed by atoms with Gasteiger partial charge in [0.25, 0.3) is 0 Å². The molecule has 0 aliphatic heterocycles. The molecule has 0 aliphatic carbocycles. The van der Waals surface area contributed by atoms with Gasteiger partial charge < -0.3 is 5.32 Å². The topological polar surface area (TPSA) is 24.9 Å². The summed E-state index contributed by atoms with van der Waals surface area (Å²) in [6, 6.07) is 14.6. The third-order valence-corrected chi connectivity index (χ3v) is 3.86. The van der Waals surface area contributed by atoms with Crippen molar-refractivity contribution in [3.63, 3.8) is 0 Å². The fraction of sp³-hybridized carbons (Fsp3) is 0.118. The number of pyridine rings is 1. The maximum absolute atomic E-state index is 13.7. The number of halogens is 2. The summed E-state index contributed by atoms with van der Waals surface area (Å²) >= 11 is 5.76. The molecule has 0 saturated heterocycles. The van der Waals surface area contributed by atoms with Crippen molar-refractivity contribution in [3.8, 4) is 0 Å². The minimum atomic E-state index is -0.409. The first-order valence-corrected chi connectivity index (χ1v) is 7.04. The summed E-state index contributed by atoms with van der Waals surface area (Å²) in [4.78, 5) is 4.36. The third kappa shape index (κ3) is 2.62. The number of nitrogens with zero attached hydrogens (tertiary/aromatic N) is 1. The van der Waals surface area contributed by atoms with E-state index < -0.39 is 5.82 Å². The van der Waals surface area contributed by atoms with E-state index in [9.17, 15) is 4.39 Å². The van der Waals surface area contributed by atoms with Crippen LogP contribution in [0.25, 0.3) is 10.9 Å². The van der Waals surface area contributed by atoms with Gasteiger partial charge in [0.1, 0.15) is 5.82 Å². The number of hydrogen-bond acceptors (Lipinski definition) is 2. The molecule has 0 fully saturated rings. The highest BCUT2D eigenvalue weighted by molar-refractivity contribution is 6.30. The van der Waals surface area contributed by atoms with Crippen molar-refractivity contribution in [1.29, 1.82) is 0 Å². The predicted molar refractivity (Wildman–Crippen MR) is 84.1 cm³/mol. The molecule has 21 heavy (non-hydrogen) atoms. The van der Waals surface area contributed by atoms with Gasteiger partial charge in [-0.25, -0.2) is 4.39 Å². The van der Waals surface area contributed by atoms with Crippen LogP contribution in [0.4, 0.5) is 4.39 Å². The largest absolute Gasteiger partial charge is 0.309 e. The third-order valence-electron chi connectivity index (χ3n) is 3.56. The molecule has 0 aliphatic rings. The van der Waals surface area contributed by atoms with E-state index in [2.05, 4.69) is 10.3 Å². The molecule has 0 spiro atoms. The van der Waals surface area contributed by atoms with Crippen LogP contribution in [0.1, 0.15) is 17.2 Å². The van der Waals surface area contributed by atoms with Gasteiger partial charge >= 0.3 is 0 Å². The highest BCUT2D eigenvalue weighted by Crippen LogP contribution is 2.29. The Hall–Kier alpha value is -1.97. The second-order valence-corrected chi connectivity index (χ2v) is 5.22. The first-order valence-electron chi connectivity index (χ1n) is 6.66. The van der Waals surface area contributed by atoms with Crippen molar-refractivity contribution >= 4 is 22.5 Å². The Morgan fingerprint density at radius 1 is 1.14 bits per heavy atom. The van der Waals surface area contributed by atoms with E-state index in [1.54, 1.807) is 12.3 Å². The number of aromatic nitrogens is 1. The number of fused-ring (bicyclic) bond motifs is 1. The maximum atomic E-state index is 13.7.